The van der Waals surface area contributed by atoms with Crippen LogP contribution in [0.4, 0.5) is 4.79 Å². The zero-order valence-corrected chi connectivity index (χ0v) is 18.8. The van der Waals surface area contributed by atoms with Gasteiger partial charge in [0.25, 0.3) is 0 Å². The lowest BCUT2D eigenvalue weighted by molar-refractivity contribution is -0.0190. The van der Waals surface area contributed by atoms with Crippen LogP contribution in [0.15, 0.2) is 48.5 Å². The Morgan fingerprint density at radius 1 is 1.03 bits per heavy atom. The number of nitrogens with zero attached hydrogens (tertiary/aromatic N) is 1. The van der Waals surface area contributed by atoms with Crippen LogP contribution in [0.5, 0.6) is 0 Å². The average molecular weight is 426 g/mol. The van der Waals surface area contributed by atoms with Gasteiger partial charge in [-0.3, -0.25) is 4.90 Å². The molecule has 0 radical (unpaired) electrons. The van der Waals surface area contributed by atoms with E-state index in [2.05, 4.69) is 0 Å². The lowest BCUT2D eigenvalue weighted by Gasteiger charge is -2.36. The van der Waals surface area contributed by atoms with Gasteiger partial charge in [0.2, 0.25) is 0 Å². The van der Waals surface area contributed by atoms with Gasteiger partial charge in [-0.2, -0.15) is 0 Å². The highest BCUT2D eigenvalue weighted by Crippen LogP contribution is 2.47. The average Bonchev–Trinajstić information content (AvgIpc) is 3.07. The molecule has 0 aliphatic carbocycles. The first kappa shape index (κ1) is 23.3. The molecule has 1 heterocycles. The molecule has 2 aromatic carbocycles. The summed E-state index contributed by atoms with van der Waals surface area (Å²) in [5.41, 5.74) is 13.4. The third-order valence-corrected chi connectivity index (χ3v) is 5.74. The highest BCUT2D eigenvalue weighted by molar-refractivity contribution is 5.70. The molecule has 1 amide bonds. The van der Waals surface area contributed by atoms with Gasteiger partial charge in [0, 0.05) is 13.0 Å². The number of ether oxygens (including phenoxy) is 1. The van der Waals surface area contributed by atoms with Gasteiger partial charge in [-0.1, -0.05) is 48.5 Å². The summed E-state index contributed by atoms with van der Waals surface area (Å²) in [4.78, 5) is 14.7. The smallest absolute Gasteiger partial charge is 0.410 e. The lowest BCUT2D eigenvalue weighted by Crippen LogP contribution is -2.41. The van der Waals surface area contributed by atoms with Gasteiger partial charge >= 0.3 is 6.09 Å². The summed E-state index contributed by atoms with van der Waals surface area (Å²) < 4.78 is 5.66. The molecule has 1 fully saturated rings. The number of hydrogen-bond acceptors (Lipinski definition) is 5. The van der Waals surface area contributed by atoms with Crippen molar-refractivity contribution in [3.8, 4) is 0 Å². The highest BCUT2D eigenvalue weighted by Gasteiger charge is 2.50. The van der Waals surface area contributed by atoms with Crippen LogP contribution < -0.4 is 11.5 Å². The molecule has 3 rings (SSSR count). The Labute approximate surface area is 185 Å². The summed E-state index contributed by atoms with van der Waals surface area (Å²) in [5.74, 6) is 0. The van der Waals surface area contributed by atoms with E-state index < -0.39 is 23.3 Å². The molecule has 5 N–H and O–H groups in total. The topological polar surface area (TPSA) is 102 Å². The molecule has 168 valence electrons. The Morgan fingerprint density at radius 3 is 2.03 bits per heavy atom. The molecule has 6 nitrogen and oxygen atoms in total. The molecule has 1 aliphatic heterocycles. The maximum absolute atomic E-state index is 13.0. The van der Waals surface area contributed by atoms with Gasteiger partial charge in [0.1, 0.15) is 11.2 Å². The Balaban J connectivity index is 1.99. The molecule has 1 aliphatic rings. The van der Waals surface area contributed by atoms with E-state index in [4.69, 9.17) is 16.2 Å². The normalized spacial score (nSPS) is 21.4. The Morgan fingerprint density at radius 2 is 1.55 bits per heavy atom. The number of hydrogen-bond donors (Lipinski definition) is 3. The maximum Gasteiger partial charge on any atom is 0.410 e. The van der Waals surface area contributed by atoms with Crippen LogP contribution in [-0.2, 0) is 23.2 Å². The standard InChI is InChI=1S/C25H35N3O3/c1-24(2,3)31-23(29)28-17-14-25(30,21-10-6-19(7-11-21)13-16-27)22(28)20-8-4-18(5-9-20)12-15-26/h4-11,22,30H,12-17,26-27H2,1-3H3. The van der Waals surface area contributed by atoms with Crippen molar-refractivity contribution in [3.05, 3.63) is 70.8 Å². The van der Waals surface area contributed by atoms with Crippen LogP contribution in [0, 0.1) is 0 Å². The van der Waals surface area contributed by atoms with Gasteiger partial charge in [-0.15, -0.1) is 0 Å². The van der Waals surface area contributed by atoms with Crippen molar-refractivity contribution < 1.29 is 14.6 Å². The van der Waals surface area contributed by atoms with E-state index in [1.807, 2.05) is 69.3 Å². The summed E-state index contributed by atoms with van der Waals surface area (Å²) in [7, 11) is 0. The van der Waals surface area contributed by atoms with Crippen molar-refractivity contribution in [1.29, 1.82) is 0 Å². The summed E-state index contributed by atoms with van der Waals surface area (Å²) >= 11 is 0. The number of likely N-dealkylation sites (tertiary alicyclic amines) is 1. The van der Waals surface area contributed by atoms with Crippen LogP contribution in [0.25, 0.3) is 0 Å². The minimum Gasteiger partial charge on any atom is -0.444 e. The minimum absolute atomic E-state index is 0.408. The summed E-state index contributed by atoms with van der Waals surface area (Å²) in [6.45, 7) is 7.10. The van der Waals surface area contributed by atoms with Gasteiger partial charge in [0.15, 0.2) is 0 Å². The number of nitrogens with two attached hydrogens (primary N) is 2. The van der Waals surface area contributed by atoms with Crippen LogP contribution in [0.1, 0.15) is 55.5 Å². The minimum atomic E-state index is -1.21. The molecular weight excluding hydrogens is 390 g/mol. The van der Waals surface area contributed by atoms with Crippen molar-refractivity contribution in [3.63, 3.8) is 0 Å². The predicted molar refractivity (Wildman–Crippen MR) is 123 cm³/mol. The van der Waals surface area contributed by atoms with Crippen molar-refractivity contribution in [2.45, 2.75) is 57.3 Å². The van der Waals surface area contributed by atoms with Crippen LogP contribution in [0.3, 0.4) is 0 Å². The van der Waals surface area contributed by atoms with Gasteiger partial charge < -0.3 is 21.3 Å². The largest absolute Gasteiger partial charge is 0.444 e. The Bertz CT molecular complexity index is 874. The van der Waals surface area contributed by atoms with Crippen molar-refractivity contribution in [2.24, 2.45) is 11.5 Å². The zero-order chi connectivity index (χ0) is 22.6. The SMILES string of the molecule is CC(C)(C)OC(=O)N1CCC(O)(c2ccc(CCN)cc2)C1c1ccc(CCN)cc1. The van der Waals surface area contributed by atoms with Crippen molar-refractivity contribution in [1.82, 2.24) is 4.90 Å². The first-order valence-electron chi connectivity index (χ1n) is 11.0. The predicted octanol–water partition coefficient (Wildman–Crippen LogP) is 3.26. The first-order chi connectivity index (χ1) is 14.7. The lowest BCUT2D eigenvalue weighted by atomic mass is 9.82. The molecule has 0 spiro atoms. The molecule has 0 aromatic heterocycles. The van der Waals surface area contributed by atoms with Crippen molar-refractivity contribution in [2.75, 3.05) is 19.6 Å². The highest BCUT2D eigenvalue weighted by atomic mass is 16.6. The molecular formula is C25H35N3O3. The molecule has 1 saturated heterocycles. The van der Waals surface area contributed by atoms with Crippen LogP contribution >= 0.6 is 0 Å². The summed E-state index contributed by atoms with van der Waals surface area (Å²) in [5, 5.41) is 11.9. The molecule has 31 heavy (non-hydrogen) atoms. The fourth-order valence-electron chi connectivity index (χ4n) is 4.25. The van der Waals surface area contributed by atoms with Gasteiger partial charge in [0.05, 0.1) is 6.04 Å². The zero-order valence-electron chi connectivity index (χ0n) is 18.8. The van der Waals surface area contributed by atoms with E-state index in [9.17, 15) is 9.90 Å². The molecule has 0 bridgehead atoms. The maximum atomic E-state index is 13.0. The van der Waals surface area contributed by atoms with E-state index >= 15 is 0 Å². The Kier molecular flexibility index (Phi) is 7.04. The molecule has 2 aromatic rings. The number of amides is 1. The molecule has 2 atom stereocenters. The van der Waals surface area contributed by atoms with E-state index in [1.165, 1.54) is 0 Å². The number of aliphatic hydroxyl groups is 1. The second kappa shape index (κ2) is 9.39. The first-order valence-corrected chi connectivity index (χ1v) is 11.0. The van der Waals surface area contributed by atoms with E-state index in [0.29, 0.717) is 26.1 Å². The number of rotatable bonds is 6. The second-order valence-electron chi connectivity index (χ2n) is 9.27. The summed E-state index contributed by atoms with van der Waals surface area (Å²) in [6.07, 6.45) is 1.58. The fraction of sp³-hybridized carbons (Fsp3) is 0.480. The van der Waals surface area contributed by atoms with E-state index in [1.54, 1.807) is 4.90 Å². The number of carbonyl (C=O) groups is 1. The fourth-order valence-corrected chi connectivity index (χ4v) is 4.25. The van der Waals surface area contributed by atoms with Crippen LogP contribution in [-0.4, -0.2) is 41.3 Å². The second-order valence-corrected chi connectivity index (χ2v) is 9.27. The third-order valence-electron chi connectivity index (χ3n) is 5.74. The molecule has 6 heteroatoms. The van der Waals surface area contributed by atoms with Gasteiger partial charge in [-0.25, -0.2) is 4.79 Å². The van der Waals surface area contributed by atoms with E-state index in [0.717, 1.165) is 35.1 Å². The monoisotopic (exact) mass is 425 g/mol. The van der Waals surface area contributed by atoms with Gasteiger partial charge in [-0.05, 0) is 69.0 Å². The quantitative estimate of drug-likeness (QED) is 0.659. The third kappa shape index (κ3) is 5.26. The summed E-state index contributed by atoms with van der Waals surface area (Å²) in [6, 6.07) is 15.3. The number of carbonyl (C=O) groups excluding carboxylic acids is 1. The molecule has 2 unspecified atom stereocenters. The van der Waals surface area contributed by atoms with Crippen molar-refractivity contribution >= 4 is 6.09 Å². The van der Waals surface area contributed by atoms with E-state index in [-0.39, 0.29) is 0 Å². The number of benzene rings is 2. The Hall–Kier alpha value is -2.41. The molecule has 0 saturated carbocycles. The van der Waals surface area contributed by atoms with Crippen LogP contribution in [0.2, 0.25) is 0 Å².